The summed E-state index contributed by atoms with van der Waals surface area (Å²) >= 11 is 0. The van der Waals surface area contributed by atoms with E-state index in [1.807, 2.05) is 7.05 Å². The van der Waals surface area contributed by atoms with E-state index >= 15 is 0 Å². The summed E-state index contributed by atoms with van der Waals surface area (Å²) in [6.45, 7) is 16.2. The van der Waals surface area contributed by atoms with Crippen LogP contribution in [-0.2, 0) is 4.74 Å². The Hall–Kier alpha value is -0.810. The quantitative estimate of drug-likeness (QED) is 0.369. The molecule has 5 heteroatoms. The number of unbranched alkanes of at least 4 members (excludes halogenated alkanes) is 1. The summed E-state index contributed by atoms with van der Waals surface area (Å²) in [6.07, 6.45) is 2.53. The van der Waals surface area contributed by atoms with Gasteiger partial charge in [-0.15, -0.1) is 0 Å². The van der Waals surface area contributed by atoms with E-state index in [1.165, 1.54) is 13.0 Å². The van der Waals surface area contributed by atoms with Gasteiger partial charge in [0.25, 0.3) is 0 Å². The van der Waals surface area contributed by atoms with Gasteiger partial charge < -0.3 is 20.3 Å². The molecule has 0 heterocycles. The molecule has 0 aliphatic heterocycles. The maximum atomic E-state index is 5.55. The summed E-state index contributed by atoms with van der Waals surface area (Å²) in [5.74, 6) is 0.856. The highest BCUT2D eigenvalue weighted by Crippen LogP contribution is 2.20. The van der Waals surface area contributed by atoms with Crippen molar-refractivity contribution in [3.05, 3.63) is 0 Å². The summed E-state index contributed by atoms with van der Waals surface area (Å²) in [4.78, 5) is 6.73. The Bertz CT molecular complexity index is 296. The third-order valence-electron chi connectivity index (χ3n) is 4.02. The average Bonchev–Trinajstić information content (AvgIpc) is 2.48. The normalized spacial score (nSPS) is 14.3. The molecule has 22 heavy (non-hydrogen) atoms. The van der Waals surface area contributed by atoms with E-state index in [0.29, 0.717) is 0 Å². The molecule has 0 aromatic carbocycles. The molecule has 2 N–H and O–H groups in total. The van der Waals surface area contributed by atoms with Gasteiger partial charge in [-0.1, -0.05) is 34.6 Å². The predicted molar refractivity (Wildman–Crippen MR) is 96.6 cm³/mol. The van der Waals surface area contributed by atoms with Gasteiger partial charge in [0.1, 0.15) is 0 Å². The fraction of sp³-hybridized carbons (Fsp3) is 0.941. The Labute approximate surface area is 137 Å². The second kappa shape index (κ2) is 11.7. The largest absolute Gasteiger partial charge is 0.379 e. The summed E-state index contributed by atoms with van der Waals surface area (Å²) in [7, 11) is 3.57. The Morgan fingerprint density at radius 2 is 1.77 bits per heavy atom. The third-order valence-corrected chi connectivity index (χ3v) is 4.02. The van der Waals surface area contributed by atoms with Gasteiger partial charge in [-0.3, -0.25) is 4.99 Å². The summed E-state index contributed by atoms with van der Waals surface area (Å²) in [5.41, 5.74) is 0.115. The lowest BCUT2D eigenvalue weighted by atomic mass is 9.89. The van der Waals surface area contributed by atoms with Crippen LogP contribution in [0.25, 0.3) is 0 Å². The Balaban J connectivity index is 3.94. The number of guanidine groups is 1. The number of aliphatic imine (C=N–C) groups is 1. The minimum Gasteiger partial charge on any atom is -0.379 e. The van der Waals surface area contributed by atoms with E-state index in [-0.39, 0.29) is 11.5 Å². The number of hydrogen-bond donors (Lipinski definition) is 2. The highest BCUT2D eigenvalue weighted by atomic mass is 16.5. The van der Waals surface area contributed by atoms with Crippen LogP contribution in [0.2, 0.25) is 0 Å². The zero-order chi connectivity index (χ0) is 17.0. The minimum absolute atomic E-state index is 0.115. The van der Waals surface area contributed by atoms with Crippen molar-refractivity contribution in [1.82, 2.24) is 15.5 Å². The van der Waals surface area contributed by atoms with Crippen molar-refractivity contribution in [3.8, 4) is 0 Å². The molecule has 1 atom stereocenters. The molecule has 0 aliphatic carbocycles. The molecule has 0 amide bonds. The van der Waals surface area contributed by atoms with Crippen LogP contribution in [0, 0.1) is 5.41 Å². The first-order valence-electron chi connectivity index (χ1n) is 8.58. The van der Waals surface area contributed by atoms with Crippen LogP contribution in [0.4, 0.5) is 0 Å². The minimum atomic E-state index is 0.115. The van der Waals surface area contributed by atoms with Crippen molar-refractivity contribution >= 4 is 5.96 Å². The van der Waals surface area contributed by atoms with Gasteiger partial charge in [0.05, 0.1) is 6.10 Å². The molecule has 0 aliphatic rings. The maximum absolute atomic E-state index is 5.55. The second-order valence-corrected chi connectivity index (χ2v) is 6.70. The molecule has 132 valence electrons. The SMILES string of the molecule is CCN(CC)CCCCNC(=NC)NCC(OC)C(C)(C)C. The molecular weight excluding hydrogens is 276 g/mol. The van der Waals surface area contributed by atoms with Crippen molar-refractivity contribution in [2.24, 2.45) is 10.4 Å². The first-order chi connectivity index (χ1) is 10.4. The lowest BCUT2D eigenvalue weighted by Gasteiger charge is -2.30. The van der Waals surface area contributed by atoms with Crippen molar-refractivity contribution in [3.63, 3.8) is 0 Å². The molecular formula is C17H38N4O. The van der Waals surface area contributed by atoms with Gasteiger partial charge in [-0.05, 0) is 37.9 Å². The molecule has 0 aromatic rings. The van der Waals surface area contributed by atoms with E-state index in [0.717, 1.165) is 38.6 Å². The van der Waals surface area contributed by atoms with Crippen LogP contribution >= 0.6 is 0 Å². The molecule has 0 spiro atoms. The van der Waals surface area contributed by atoms with Crippen LogP contribution in [0.5, 0.6) is 0 Å². The number of nitrogens with zero attached hydrogens (tertiary/aromatic N) is 2. The third kappa shape index (κ3) is 9.26. The van der Waals surface area contributed by atoms with Gasteiger partial charge in [-0.25, -0.2) is 0 Å². The van der Waals surface area contributed by atoms with Crippen LogP contribution < -0.4 is 10.6 Å². The van der Waals surface area contributed by atoms with Gasteiger partial charge in [0, 0.05) is 27.2 Å². The van der Waals surface area contributed by atoms with Crippen molar-refractivity contribution in [2.45, 2.75) is 53.6 Å². The van der Waals surface area contributed by atoms with Gasteiger partial charge in [0.2, 0.25) is 0 Å². The average molecular weight is 315 g/mol. The highest BCUT2D eigenvalue weighted by molar-refractivity contribution is 5.79. The molecule has 0 saturated heterocycles. The zero-order valence-corrected chi connectivity index (χ0v) is 15.8. The molecule has 0 rings (SSSR count). The van der Waals surface area contributed by atoms with Crippen LogP contribution in [0.15, 0.2) is 4.99 Å². The number of rotatable bonds is 10. The van der Waals surface area contributed by atoms with E-state index in [2.05, 4.69) is 55.1 Å². The fourth-order valence-corrected chi connectivity index (χ4v) is 2.36. The van der Waals surface area contributed by atoms with Crippen molar-refractivity contribution in [2.75, 3.05) is 46.9 Å². The van der Waals surface area contributed by atoms with Gasteiger partial charge >= 0.3 is 0 Å². The smallest absolute Gasteiger partial charge is 0.191 e. The molecule has 1 unspecified atom stereocenters. The predicted octanol–water partition coefficient (Wildman–Crippen LogP) is 2.33. The Kier molecular flexibility index (Phi) is 11.3. The Morgan fingerprint density at radius 1 is 1.14 bits per heavy atom. The molecule has 0 bridgehead atoms. The van der Waals surface area contributed by atoms with E-state index in [1.54, 1.807) is 7.11 Å². The van der Waals surface area contributed by atoms with Crippen molar-refractivity contribution < 1.29 is 4.74 Å². The molecule has 0 saturated carbocycles. The van der Waals surface area contributed by atoms with Crippen LogP contribution in [-0.4, -0.2) is 63.8 Å². The lowest BCUT2D eigenvalue weighted by molar-refractivity contribution is 0.0205. The zero-order valence-electron chi connectivity index (χ0n) is 15.8. The van der Waals surface area contributed by atoms with E-state index in [4.69, 9.17) is 4.74 Å². The molecule has 0 aromatic heterocycles. The molecule has 5 nitrogen and oxygen atoms in total. The number of methoxy groups -OCH3 is 1. The van der Waals surface area contributed by atoms with Crippen LogP contribution in [0.1, 0.15) is 47.5 Å². The molecule has 0 fully saturated rings. The molecule has 0 radical (unpaired) electrons. The number of nitrogens with one attached hydrogen (secondary N) is 2. The second-order valence-electron chi connectivity index (χ2n) is 6.70. The summed E-state index contributed by atoms with van der Waals surface area (Å²) < 4.78 is 5.55. The van der Waals surface area contributed by atoms with Crippen molar-refractivity contribution in [1.29, 1.82) is 0 Å². The lowest BCUT2D eigenvalue weighted by Crippen LogP contribution is -2.45. The summed E-state index contributed by atoms with van der Waals surface area (Å²) in [6, 6.07) is 0. The van der Waals surface area contributed by atoms with Gasteiger partial charge in [0.15, 0.2) is 5.96 Å². The fourth-order valence-electron chi connectivity index (χ4n) is 2.36. The van der Waals surface area contributed by atoms with E-state index in [9.17, 15) is 0 Å². The van der Waals surface area contributed by atoms with E-state index < -0.39 is 0 Å². The standard InChI is InChI=1S/C17H38N4O/c1-8-21(9-2)13-11-10-12-19-16(18-6)20-14-15(22-7)17(3,4)5/h15H,8-14H2,1-7H3,(H2,18,19,20). The van der Waals surface area contributed by atoms with Gasteiger partial charge in [-0.2, -0.15) is 0 Å². The number of hydrogen-bond acceptors (Lipinski definition) is 3. The first kappa shape index (κ1) is 21.2. The Morgan fingerprint density at radius 3 is 2.23 bits per heavy atom. The topological polar surface area (TPSA) is 48.9 Å². The monoisotopic (exact) mass is 314 g/mol. The summed E-state index contributed by atoms with van der Waals surface area (Å²) in [5, 5.41) is 6.73. The van der Waals surface area contributed by atoms with Crippen LogP contribution in [0.3, 0.4) is 0 Å². The highest BCUT2D eigenvalue weighted by Gasteiger charge is 2.24. The maximum Gasteiger partial charge on any atom is 0.191 e. The number of ether oxygens (including phenoxy) is 1. The first-order valence-corrected chi connectivity index (χ1v) is 8.58.